The van der Waals surface area contributed by atoms with Gasteiger partial charge < -0.3 is 25.6 Å². The lowest BCUT2D eigenvalue weighted by atomic mass is 9.92. The molecule has 0 bridgehead atoms. The van der Waals surface area contributed by atoms with Gasteiger partial charge in [0.05, 0.1) is 12.0 Å². The van der Waals surface area contributed by atoms with E-state index >= 15 is 0 Å². The summed E-state index contributed by atoms with van der Waals surface area (Å²) in [5, 5.41) is 8.76. The fraction of sp³-hybridized carbons (Fsp3) is 0.786. The summed E-state index contributed by atoms with van der Waals surface area (Å²) in [4.78, 5) is 29.1. The van der Waals surface area contributed by atoms with Gasteiger partial charge in [0.2, 0.25) is 11.8 Å². The normalized spacial score (nSPS) is 11.8. The van der Waals surface area contributed by atoms with Gasteiger partial charge in [0.1, 0.15) is 6.54 Å². The van der Waals surface area contributed by atoms with Crippen LogP contribution in [0.25, 0.3) is 0 Å². The van der Waals surface area contributed by atoms with E-state index in [2.05, 4.69) is 20.9 Å². The summed E-state index contributed by atoms with van der Waals surface area (Å²) in [6.07, 6.45) is 0. The van der Waals surface area contributed by atoms with Gasteiger partial charge in [-0.1, -0.05) is 0 Å². The zero-order valence-corrected chi connectivity index (χ0v) is 14.4. The Hall–Kier alpha value is -1.83. The first-order chi connectivity index (χ1) is 10.2. The maximum absolute atomic E-state index is 11.8. The van der Waals surface area contributed by atoms with E-state index in [-0.39, 0.29) is 18.4 Å². The quantitative estimate of drug-likeness (QED) is 0.304. The van der Waals surface area contributed by atoms with E-state index in [0.717, 1.165) is 0 Å². The Morgan fingerprint density at radius 1 is 1.23 bits per heavy atom. The molecule has 8 heteroatoms. The standard InChI is InChI=1S/C14H29N5O3/c1-14(2,12(21)15-3)10-18-13(16-7-8-22-6)17-9-11(20)19(4)5/h7-10H2,1-6H3,(H,15,21)(H2,16,17,18). The number of nitrogens with zero attached hydrogens (tertiary/aromatic N) is 2. The van der Waals surface area contributed by atoms with Crippen molar-refractivity contribution in [2.45, 2.75) is 13.8 Å². The summed E-state index contributed by atoms with van der Waals surface area (Å²) in [5.74, 6) is 0.309. The van der Waals surface area contributed by atoms with Crippen molar-refractivity contribution < 1.29 is 14.3 Å². The molecule has 0 aliphatic heterocycles. The van der Waals surface area contributed by atoms with Crippen LogP contribution in [0.4, 0.5) is 0 Å². The molecule has 0 saturated heterocycles. The van der Waals surface area contributed by atoms with Crippen molar-refractivity contribution in [3.8, 4) is 0 Å². The smallest absolute Gasteiger partial charge is 0.243 e. The Labute approximate surface area is 132 Å². The maximum atomic E-state index is 11.8. The Kier molecular flexibility index (Phi) is 9.16. The van der Waals surface area contributed by atoms with Gasteiger partial charge in [0.25, 0.3) is 0 Å². The summed E-state index contributed by atoms with van der Waals surface area (Å²) in [6, 6.07) is 0. The van der Waals surface area contributed by atoms with Crippen molar-refractivity contribution in [3.63, 3.8) is 0 Å². The fourth-order valence-electron chi connectivity index (χ4n) is 1.46. The highest BCUT2D eigenvalue weighted by Crippen LogP contribution is 2.12. The zero-order chi connectivity index (χ0) is 17.2. The van der Waals surface area contributed by atoms with E-state index in [4.69, 9.17) is 4.74 Å². The van der Waals surface area contributed by atoms with Crippen LogP contribution >= 0.6 is 0 Å². The van der Waals surface area contributed by atoms with Crippen LogP contribution in [0.5, 0.6) is 0 Å². The van der Waals surface area contributed by atoms with Crippen molar-refractivity contribution in [1.82, 2.24) is 20.9 Å². The highest BCUT2D eigenvalue weighted by atomic mass is 16.5. The first-order valence-corrected chi connectivity index (χ1v) is 7.18. The molecule has 0 aliphatic carbocycles. The molecule has 0 saturated carbocycles. The molecular weight excluding hydrogens is 286 g/mol. The van der Waals surface area contributed by atoms with Crippen LogP contribution in [0.3, 0.4) is 0 Å². The van der Waals surface area contributed by atoms with Crippen LogP contribution in [0.15, 0.2) is 4.99 Å². The van der Waals surface area contributed by atoms with E-state index in [1.807, 2.05) is 13.8 Å². The van der Waals surface area contributed by atoms with Crippen molar-refractivity contribution in [1.29, 1.82) is 0 Å². The van der Waals surface area contributed by atoms with Gasteiger partial charge in [-0.2, -0.15) is 0 Å². The van der Waals surface area contributed by atoms with E-state index in [0.29, 0.717) is 25.7 Å². The van der Waals surface area contributed by atoms with Gasteiger partial charge in [0.15, 0.2) is 5.96 Å². The summed E-state index contributed by atoms with van der Waals surface area (Å²) in [7, 11) is 6.57. The predicted molar refractivity (Wildman–Crippen MR) is 86.7 cm³/mol. The monoisotopic (exact) mass is 315 g/mol. The van der Waals surface area contributed by atoms with E-state index in [1.54, 1.807) is 28.3 Å². The van der Waals surface area contributed by atoms with Crippen LogP contribution in [0.1, 0.15) is 13.8 Å². The molecule has 8 nitrogen and oxygen atoms in total. The maximum Gasteiger partial charge on any atom is 0.243 e. The molecule has 2 amide bonds. The molecule has 0 heterocycles. The SMILES string of the molecule is CNC(=O)C(C)(C)CNC(=NCC(=O)N(C)C)NCCOC. The van der Waals surface area contributed by atoms with Crippen molar-refractivity contribution >= 4 is 17.8 Å². The van der Waals surface area contributed by atoms with Gasteiger partial charge >= 0.3 is 0 Å². The predicted octanol–water partition coefficient (Wildman–Crippen LogP) is -0.972. The van der Waals surface area contributed by atoms with Crippen molar-refractivity contribution in [2.75, 3.05) is 54.5 Å². The number of guanidine groups is 1. The number of likely N-dealkylation sites (N-methyl/N-ethyl adjacent to an activating group) is 1. The molecule has 0 aromatic heterocycles. The summed E-state index contributed by atoms with van der Waals surface area (Å²) < 4.78 is 4.97. The van der Waals surface area contributed by atoms with Gasteiger partial charge in [-0.25, -0.2) is 4.99 Å². The van der Waals surface area contributed by atoms with E-state index in [1.165, 1.54) is 4.90 Å². The third kappa shape index (κ3) is 7.82. The number of aliphatic imine (C=N–C) groups is 1. The molecular formula is C14H29N5O3. The molecule has 0 spiro atoms. The third-order valence-electron chi connectivity index (χ3n) is 3.01. The first kappa shape index (κ1) is 20.2. The van der Waals surface area contributed by atoms with Gasteiger partial charge in [0, 0.05) is 41.3 Å². The van der Waals surface area contributed by atoms with Crippen molar-refractivity contribution in [3.05, 3.63) is 0 Å². The fourth-order valence-corrected chi connectivity index (χ4v) is 1.46. The number of carbonyl (C=O) groups excluding carboxylic acids is 2. The molecule has 22 heavy (non-hydrogen) atoms. The van der Waals surface area contributed by atoms with Crippen LogP contribution in [0, 0.1) is 5.41 Å². The summed E-state index contributed by atoms with van der Waals surface area (Å²) in [6.45, 7) is 5.16. The molecule has 0 rings (SSSR count). The zero-order valence-electron chi connectivity index (χ0n) is 14.4. The molecule has 3 N–H and O–H groups in total. The van der Waals surface area contributed by atoms with Crippen LogP contribution in [-0.4, -0.2) is 77.2 Å². The number of hydrogen-bond donors (Lipinski definition) is 3. The Balaban J connectivity index is 4.68. The number of hydrogen-bond acceptors (Lipinski definition) is 4. The van der Waals surface area contributed by atoms with Crippen LogP contribution < -0.4 is 16.0 Å². The number of methoxy groups -OCH3 is 1. The molecule has 128 valence electrons. The highest BCUT2D eigenvalue weighted by Gasteiger charge is 2.26. The minimum Gasteiger partial charge on any atom is -0.383 e. The van der Waals surface area contributed by atoms with E-state index in [9.17, 15) is 9.59 Å². The third-order valence-corrected chi connectivity index (χ3v) is 3.01. The second-order valence-electron chi connectivity index (χ2n) is 5.69. The number of amides is 2. The highest BCUT2D eigenvalue weighted by molar-refractivity contribution is 5.86. The molecule has 0 aromatic rings. The minimum atomic E-state index is -0.593. The minimum absolute atomic E-state index is 0.0374. The average Bonchev–Trinajstić information content (AvgIpc) is 2.48. The molecule has 0 aromatic carbocycles. The molecule has 0 unspecified atom stereocenters. The summed E-state index contributed by atoms with van der Waals surface area (Å²) >= 11 is 0. The van der Waals surface area contributed by atoms with Gasteiger partial charge in [-0.15, -0.1) is 0 Å². The molecule has 0 atom stereocenters. The lowest BCUT2D eigenvalue weighted by Crippen LogP contribution is -2.48. The molecule has 0 radical (unpaired) electrons. The van der Waals surface area contributed by atoms with Crippen LogP contribution in [0.2, 0.25) is 0 Å². The Morgan fingerprint density at radius 3 is 2.36 bits per heavy atom. The second-order valence-corrected chi connectivity index (χ2v) is 5.69. The topological polar surface area (TPSA) is 95.1 Å². The van der Waals surface area contributed by atoms with Crippen molar-refractivity contribution in [2.24, 2.45) is 10.4 Å². The lowest BCUT2D eigenvalue weighted by Gasteiger charge is -2.24. The number of nitrogens with one attached hydrogen (secondary N) is 3. The van der Waals surface area contributed by atoms with Crippen LogP contribution in [-0.2, 0) is 14.3 Å². The number of carbonyl (C=O) groups is 2. The second kappa shape index (κ2) is 9.99. The Bertz CT molecular complexity index is 394. The lowest BCUT2D eigenvalue weighted by molar-refractivity contribution is -0.128. The molecule has 0 fully saturated rings. The number of ether oxygens (including phenoxy) is 1. The van der Waals surface area contributed by atoms with E-state index < -0.39 is 5.41 Å². The number of rotatable bonds is 8. The first-order valence-electron chi connectivity index (χ1n) is 7.18. The average molecular weight is 315 g/mol. The van der Waals surface area contributed by atoms with Gasteiger partial charge in [-0.05, 0) is 13.8 Å². The largest absolute Gasteiger partial charge is 0.383 e. The molecule has 0 aliphatic rings. The van der Waals surface area contributed by atoms with Gasteiger partial charge in [-0.3, -0.25) is 9.59 Å². The summed E-state index contributed by atoms with van der Waals surface area (Å²) in [5.41, 5.74) is -0.593. The Morgan fingerprint density at radius 2 is 1.86 bits per heavy atom.